The van der Waals surface area contributed by atoms with Crippen molar-refractivity contribution in [3.05, 3.63) is 53.3 Å². The molecule has 2 aromatic rings. The van der Waals surface area contributed by atoms with Gasteiger partial charge in [-0.3, -0.25) is 4.68 Å². The molecule has 1 aliphatic rings. The van der Waals surface area contributed by atoms with Crippen molar-refractivity contribution in [2.75, 3.05) is 0 Å². The predicted molar refractivity (Wildman–Crippen MR) is 72.3 cm³/mol. The predicted octanol–water partition coefficient (Wildman–Crippen LogP) is 1.85. The summed E-state index contributed by atoms with van der Waals surface area (Å²) in [5.74, 6) is 0. The van der Waals surface area contributed by atoms with Crippen molar-refractivity contribution in [2.24, 2.45) is 12.8 Å². The number of hydrogen-bond donors (Lipinski definition) is 1. The van der Waals surface area contributed by atoms with Gasteiger partial charge in [0.25, 0.3) is 0 Å². The lowest BCUT2D eigenvalue weighted by Gasteiger charge is -2.23. The number of nitrogens with zero attached hydrogens (tertiary/aromatic N) is 2. The van der Waals surface area contributed by atoms with Gasteiger partial charge in [-0.1, -0.05) is 24.3 Å². The lowest BCUT2D eigenvalue weighted by atomic mass is 9.90. The molecule has 3 rings (SSSR count). The minimum absolute atomic E-state index is 0.0699. The van der Waals surface area contributed by atoms with Crippen LogP contribution in [-0.2, 0) is 26.3 Å². The molecule has 0 atom stereocenters. The van der Waals surface area contributed by atoms with Crippen LogP contribution in [0.15, 0.2) is 36.7 Å². The van der Waals surface area contributed by atoms with Crippen molar-refractivity contribution in [3.8, 4) is 0 Å². The molecule has 3 nitrogen and oxygen atoms in total. The van der Waals surface area contributed by atoms with Crippen molar-refractivity contribution < 1.29 is 0 Å². The maximum absolute atomic E-state index is 6.54. The van der Waals surface area contributed by atoms with Gasteiger partial charge < -0.3 is 5.73 Å². The highest BCUT2D eigenvalue weighted by atomic mass is 15.2. The molecule has 1 aromatic heterocycles. The van der Waals surface area contributed by atoms with E-state index in [0.29, 0.717) is 0 Å². The molecule has 0 spiro atoms. The fourth-order valence-corrected chi connectivity index (χ4v) is 2.89. The van der Waals surface area contributed by atoms with Gasteiger partial charge >= 0.3 is 0 Å². The molecule has 3 heteroatoms. The van der Waals surface area contributed by atoms with Crippen molar-refractivity contribution in [3.63, 3.8) is 0 Å². The normalized spacial score (nSPS) is 16.8. The summed E-state index contributed by atoms with van der Waals surface area (Å²) < 4.78 is 1.85. The number of nitrogens with two attached hydrogens (primary N) is 1. The van der Waals surface area contributed by atoms with Crippen LogP contribution in [0.3, 0.4) is 0 Å². The Bertz CT molecular complexity index is 531. The summed E-state index contributed by atoms with van der Waals surface area (Å²) in [5, 5.41) is 4.20. The molecule has 0 fully saturated rings. The minimum atomic E-state index is -0.0699. The zero-order valence-corrected chi connectivity index (χ0v) is 10.8. The van der Waals surface area contributed by atoms with Gasteiger partial charge in [0.1, 0.15) is 0 Å². The Balaban J connectivity index is 1.68. The van der Waals surface area contributed by atoms with E-state index >= 15 is 0 Å². The maximum atomic E-state index is 6.54. The highest BCUT2D eigenvalue weighted by Crippen LogP contribution is 2.31. The molecule has 94 valence electrons. The first-order valence-electron chi connectivity index (χ1n) is 6.48. The van der Waals surface area contributed by atoms with Crippen molar-refractivity contribution in [1.82, 2.24) is 9.78 Å². The number of aryl methyl sites for hydroxylation is 2. The van der Waals surface area contributed by atoms with Gasteiger partial charge in [-0.25, -0.2) is 0 Å². The first-order chi connectivity index (χ1) is 8.65. The molecule has 1 aliphatic carbocycles. The van der Waals surface area contributed by atoms with Gasteiger partial charge in [-0.15, -0.1) is 0 Å². The Kier molecular flexibility index (Phi) is 2.71. The van der Waals surface area contributed by atoms with Crippen molar-refractivity contribution in [1.29, 1.82) is 0 Å². The Morgan fingerprint density at radius 1 is 1.28 bits per heavy atom. The molecular weight excluding hydrogens is 222 g/mol. The third-order valence-electron chi connectivity index (χ3n) is 3.87. The fourth-order valence-electron chi connectivity index (χ4n) is 2.89. The number of fused-ring (bicyclic) bond motifs is 1. The Morgan fingerprint density at radius 3 is 2.50 bits per heavy atom. The Hall–Kier alpha value is -1.61. The Morgan fingerprint density at radius 2 is 1.94 bits per heavy atom. The second-order valence-corrected chi connectivity index (χ2v) is 5.51. The molecule has 1 aromatic carbocycles. The second-order valence-electron chi connectivity index (χ2n) is 5.51. The molecule has 0 saturated heterocycles. The number of hydrogen-bond acceptors (Lipinski definition) is 2. The average molecular weight is 241 g/mol. The van der Waals surface area contributed by atoms with E-state index in [2.05, 4.69) is 35.6 Å². The first kappa shape index (κ1) is 11.5. The van der Waals surface area contributed by atoms with E-state index in [1.54, 1.807) is 0 Å². The highest BCUT2D eigenvalue weighted by Gasteiger charge is 2.32. The third-order valence-corrected chi connectivity index (χ3v) is 3.87. The molecule has 0 aliphatic heterocycles. The van der Waals surface area contributed by atoms with Gasteiger partial charge in [0.2, 0.25) is 0 Å². The number of aromatic nitrogens is 2. The summed E-state index contributed by atoms with van der Waals surface area (Å²) in [6, 6.07) is 8.61. The molecule has 0 saturated carbocycles. The smallest absolute Gasteiger partial charge is 0.0521 e. The lowest BCUT2D eigenvalue weighted by molar-refractivity contribution is 0.414. The van der Waals surface area contributed by atoms with Crippen LogP contribution >= 0.6 is 0 Å². The van der Waals surface area contributed by atoms with E-state index < -0.39 is 0 Å². The summed E-state index contributed by atoms with van der Waals surface area (Å²) >= 11 is 0. The molecule has 18 heavy (non-hydrogen) atoms. The Labute approximate surface area is 108 Å². The monoisotopic (exact) mass is 241 g/mol. The van der Waals surface area contributed by atoms with Gasteiger partial charge in [0.15, 0.2) is 0 Å². The van der Waals surface area contributed by atoms with E-state index in [1.807, 2.05) is 17.9 Å². The summed E-state index contributed by atoms with van der Waals surface area (Å²) in [7, 11) is 1.95. The van der Waals surface area contributed by atoms with Crippen LogP contribution in [0.5, 0.6) is 0 Å². The van der Waals surface area contributed by atoms with E-state index in [9.17, 15) is 0 Å². The molecule has 1 heterocycles. The highest BCUT2D eigenvalue weighted by molar-refractivity contribution is 5.36. The summed E-state index contributed by atoms with van der Waals surface area (Å²) in [6.45, 7) is 0. The summed E-state index contributed by atoms with van der Waals surface area (Å²) in [4.78, 5) is 0. The average Bonchev–Trinajstić information content (AvgIpc) is 2.89. The SMILES string of the molecule is Cn1cc(CCC2(N)Cc3ccccc3C2)cn1. The largest absolute Gasteiger partial charge is 0.324 e. The molecule has 0 unspecified atom stereocenters. The van der Waals surface area contributed by atoms with Crippen LogP contribution in [0.25, 0.3) is 0 Å². The van der Waals surface area contributed by atoms with Crippen LogP contribution in [0.1, 0.15) is 23.1 Å². The fraction of sp³-hybridized carbons (Fsp3) is 0.400. The van der Waals surface area contributed by atoms with Crippen molar-refractivity contribution in [2.45, 2.75) is 31.2 Å². The van der Waals surface area contributed by atoms with Gasteiger partial charge in [-0.05, 0) is 42.4 Å². The van der Waals surface area contributed by atoms with Crippen LogP contribution in [-0.4, -0.2) is 15.3 Å². The molecule has 2 N–H and O–H groups in total. The minimum Gasteiger partial charge on any atom is -0.324 e. The molecular formula is C15H19N3. The van der Waals surface area contributed by atoms with Crippen LogP contribution in [0.4, 0.5) is 0 Å². The van der Waals surface area contributed by atoms with Crippen LogP contribution < -0.4 is 5.73 Å². The van der Waals surface area contributed by atoms with E-state index in [-0.39, 0.29) is 5.54 Å². The zero-order valence-electron chi connectivity index (χ0n) is 10.8. The standard InChI is InChI=1S/C15H19N3/c1-18-11-12(10-17-18)6-7-15(16)8-13-4-2-3-5-14(13)9-15/h2-5,10-11H,6-9,16H2,1H3. The van der Waals surface area contributed by atoms with Gasteiger partial charge in [0, 0.05) is 18.8 Å². The van der Waals surface area contributed by atoms with Crippen molar-refractivity contribution >= 4 is 0 Å². The topological polar surface area (TPSA) is 43.8 Å². The molecule has 0 bridgehead atoms. The second kappa shape index (κ2) is 4.25. The van der Waals surface area contributed by atoms with Crippen LogP contribution in [0.2, 0.25) is 0 Å². The summed E-state index contributed by atoms with van der Waals surface area (Å²) in [6.07, 6.45) is 8.05. The quantitative estimate of drug-likeness (QED) is 0.891. The van der Waals surface area contributed by atoms with E-state index in [4.69, 9.17) is 5.73 Å². The number of rotatable bonds is 3. The molecule has 0 amide bonds. The van der Waals surface area contributed by atoms with Gasteiger partial charge in [0.05, 0.1) is 6.20 Å². The maximum Gasteiger partial charge on any atom is 0.0521 e. The summed E-state index contributed by atoms with van der Waals surface area (Å²) in [5.41, 5.74) is 10.6. The van der Waals surface area contributed by atoms with E-state index in [1.165, 1.54) is 16.7 Å². The van der Waals surface area contributed by atoms with Crippen LogP contribution in [0, 0.1) is 0 Å². The lowest BCUT2D eigenvalue weighted by Crippen LogP contribution is -2.41. The number of benzene rings is 1. The third kappa shape index (κ3) is 2.18. The van der Waals surface area contributed by atoms with Gasteiger partial charge in [-0.2, -0.15) is 5.10 Å². The van der Waals surface area contributed by atoms with E-state index in [0.717, 1.165) is 25.7 Å². The zero-order chi connectivity index (χ0) is 12.6. The molecule has 0 radical (unpaired) electrons. The first-order valence-corrected chi connectivity index (χ1v) is 6.48.